The van der Waals surface area contributed by atoms with Crippen molar-refractivity contribution < 1.29 is 13.6 Å². The molecule has 3 nitrogen and oxygen atoms in total. The van der Waals surface area contributed by atoms with Crippen LogP contribution in [0.15, 0.2) is 0 Å². The third-order valence-electron chi connectivity index (χ3n) is 3.97. The molecule has 0 saturated carbocycles. The highest BCUT2D eigenvalue weighted by Gasteiger charge is 2.33. The standard InChI is InChI=1S/C14H30O3Si2/c1-18(2,9-5-7-13-11-15-13)17-19(3,4)10-6-8-14-12-16-14/h13-14H,5-12H2,1-4H3. The highest BCUT2D eigenvalue weighted by molar-refractivity contribution is 6.84. The second-order valence-corrected chi connectivity index (χ2v) is 16.2. The fourth-order valence-corrected chi connectivity index (χ4v) is 11.7. The molecule has 0 aromatic heterocycles. The number of hydrogen-bond donors (Lipinski definition) is 0. The van der Waals surface area contributed by atoms with Crippen LogP contribution in [0.2, 0.25) is 38.3 Å². The van der Waals surface area contributed by atoms with Crippen molar-refractivity contribution in [2.75, 3.05) is 13.2 Å². The Morgan fingerprint density at radius 2 is 1.21 bits per heavy atom. The Hall–Kier alpha value is 0.314. The molecule has 0 spiro atoms. The van der Waals surface area contributed by atoms with Crippen molar-refractivity contribution in [1.82, 2.24) is 0 Å². The van der Waals surface area contributed by atoms with E-state index in [-0.39, 0.29) is 0 Å². The predicted molar refractivity (Wildman–Crippen MR) is 83.6 cm³/mol. The van der Waals surface area contributed by atoms with E-state index < -0.39 is 16.6 Å². The summed E-state index contributed by atoms with van der Waals surface area (Å²) in [4.78, 5) is 0. The van der Waals surface area contributed by atoms with E-state index >= 15 is 0 Å². The van der Waals surface area contributed by atoms with Crippen molar-refractivity contribution in [3.63, 3.8) is 0 Å². The lowest BCUT2D eigenvalue weighted by molar-refractivity contribution is 0.392. The summed E-state index contributed by atoms with van der Waals surface area (Å²) in [6.07, 6.45) is 6.19. The molecule has 0 amide bonds. The van der Waals surface area contributed by atoms with Crippen molar-refractivity contribution in [3.05, 3.63) is 0 Å². The summed E-state index contributed by atoms with van der Waals surface area (Å²) in [5.41, 5.74) is 0. The number of epoxide rings is 2. The van der Waals surface area contributed by atoms with Crippen LogP contribution >= 0.6 is 0 Å². The Morgan fingerprint density at radius 3 is 1.53 bits per heavy atom. The van der Waals surface area contributed by atoms with Gasteiger partial charge in [-0.3, -0.25) is 0 Å². The minimum absolute atomic E-state index is 0.577. The molecule has 19 heavy (non-hydrogen) atoms. The van der Waals surface area contributed by atoms with Crippen molar-refractivity contribution in [1.29, 1.82) is 0 Å². The molecule has 112 valence electrons. The molecule has 0 N–H and O–H groups in total. The molecule has 0 aromatic rings. The van der Waals surface area contributed by atoms with E-state index in [2.05, 4.69) is 26.2 Å². The maximum atomic E-state index is 6.63. The highest BCUT2D eigenvalue weighted by Crippen LogP contribution is 2.27. The molecule has 2 aliphatic rings. The van der Waals surface area contributed by atoms with Crippen LogP contribution in [-0.2, 0) is 13.6 Å². The first-order valence-corrected chi connectivity index (χ1v) is 14.0. The molecular formula is C14H30O3Si2. The molecular weight excluding hydrogens is 272 g/mol. The third kappa shape index (κ3) is 7.04. The summed E-state index contributed by atoms with van der Waals surface area (Å²) >= 11 is 0. The van der Waals surface area contributed by atoms with E-state index in [1.54, 1.807) is 0 Å². The summed E-state index contributed by atoms with van der Waals surface area (Å²) in [6.45, 7) is 11.5. The van der Waals surface area contributed by atoms with Crippen LogP contribution in [0.3, 0.4) is 0 Å². The zero-order valence-corrected chi connectivity index (χ0v) is 15.0. The normalized spacial score (nSPS) is 26.5. The summed E-state index contributed by atoms with van der Waals surface area (Å²) in [7, 11) is -2.93. The Labute approximate surface area is 120 Å². The van der Waals surface area contributed by atoms with Gasteiger partial charge in [-0.2, -0.15) is 0 Å². The molecule has 2 atom stereocenters. The Morgan fingerprint density at radius 1 is 0.842 bits per heavy atom. The Balaban J connectivity index is 1.62. The topological polar surface area (TPSA) is 34.3 Å². The third-order valence-corrected chi connectivity index (χ3v) is 11.5. The van der Waals surface area contributed by atoms with Gasteiger partial charge in [0, 0.05) is 0 Å². The van der Waals surface area contributed by atoms with E-state index in [0.717, 1.165) is 13.2 Å². The SMILES string of the molecule is C[Si](C)(CCCC1CO1)O[Si](C)(C)CCCC1CO1. The van der Waals surface area contributed by atoms with Gasteiger partial charge in [-0.1, -0.05) is 12.8 Å². The zero-order valence-electron chi connectivity index (χ0n) is 13.0. The molecule has 0 radical (unpaired) electrons. The minimum Gasteiger partial charge on any atom is -0.455 e. The Bertz CT molecular complexity index is 258. The first-order valence-electron chi connectivity index (χ1n) is 7.80. The van der Waals surface area contributed by atoms with Gasteiger partial charge in [-0.05, 0) is 51.1 Å². The second-order valence-electron chi connectivity index (χ2n) is 7.32. The van der Waals surface area contributed by atoms with Gasteiger partial charge < -0.3 is 13.6 Å². The lowest BCUT2D eigenvalue weighted by Gasteiger charge is -2.34. The second kappa shape index (κ2) is 6.39. The van der Waals surface area contributed by atoms with E-state index in [4.69, 9.17) is 13.6 Å². The van der Waals surface area contributed by atoms with Crippen molar-refractivity contribution in [3.8, 4) is 0 Å². The molecule has 2 rings (SSSR count). The molecule has 2 fully saturated rings. The van der Waals surface area contributed by atoms with Crippen molar-refractivity contribution in [2.45, 2.75) is 76.2 Å². The lowest BCUT2D eigenvalue weighted by atomic mass is 10.3. The van der Waals surface area contributed by atoms with Gasteiger partial charge in [0.1, 0.15) is 0 Å². The van der Waals surface area contributed by atoms with Gasteiger partial charge in [0.2, 0.25) is 0 Å². The molecule has 5 heteroatoms. The van der Waals surface area contributed by atoms with Crippen LogP contribution < -0.4 is 0 Å². The molecule has 0 aromatic carbocycles. The van der Waals surface area contributed by atoms with Crippen LogP contribution in [0, 0.1) is 0 Å². The Kier molecular flexibility index (Phi) is 5.28. The number of ether oxygens (including phenoxy) is 2. The molecule has 2 heterocycles. The smallest absolute Gasteiger partial charge is 0.173 e. The van der Waals surface area contributed by atoms with Gasteiger partial charge in [-0.25, -0.2) is 0 Å². The van der Waals surface area contributed by atoms with Crippen LogP contribution in [0.1, 0.15) is 25.7 Å². The van der Waals surface area contributed by atoms with Gasteiger partial charge >= 0.3 is 0 Å². The average Bonchev–Trinajstić information content (AvgIpc) is 3.09. The minimum atomic E-state index is -1.46. The van der Waals surface area contributed by atoms with E-state index in [1.165, 1.54) is 37.8 Å². The van der Waals surface area contributed by atoms with Crippen molar-refractivity contribution in [2.24, 2.45) is 0 Å². The van der Waals surface area contributed by atoms with Crippen molar-refractivity contribution >= 4 is 16.6 Å². The summed E-state index contributed by atoms with van der Waals surface area (Å²) in [5.74, 6) is 0. The van der Waals surface area contributed by atoms with Gasteiger partial charge in [0.05, 0.1) is 25.4 Å². The molecule has 2 aliphatic heterocycles. The summed E-state index contributed by atoms with van der Waals surface area (Å²) in [6, 6.07) is 2.57. The molecule has 2 saturated heterocycles. The zero-order chi connectivity index (χ0) is 13.9. The van der Waals surface area contributed by atoms with Crippen LogP contribution in [-0.4, -0.2) is 42.1 Å². The monoisotopic (exact) mass is 302 g/mol. The first-order chi connectivity index (χ1) is 8.86. The molecule has 0 bridgehead atoms. The van der Waals surface area contributed by atoms with Gasteiger partial charge in [-0.15, -0.1) is 0 Å². The lowest BCUT2D eigenvalue weighted by Crippen LogP contribution is -2.44. The summed E-state index contributed by atoms with van der Waals surface area (Å²) < 4.78 is 17.2. The fraction of sp³-hybridized carbons (Fsp3) is 1.00. The maximum absolute atomic E-state index is 6.63. The van der Waals surface area contributed by atoms with Gasteiger partial charge in [0.15, 0.2) is 16.6 Å². The van der Waals surface area contributed by atoms with E-state index in [1.807, 2.05) is 0 Å². The van der Waals surface area contributed by atoms with Crippen LogP contribution in [0.4, 0.5) is 0 Å². The summed E-state index contributed by atoms with van der Waals surface area (Å²) in [5, 5.41) is 0. The fourth-order valence-electron chi connectivity index (χ4n) is 2.83. The number of hydrogen-bond acceptors (Lipinski definition) is 3. The highest BCUT2D eigenvalue weighted by atomic mass is 28.4. The maximum Gasteiger partial charge on any atom is 0.173 e. The first kappa shape index (κ1) is 15.7. The molecule has 0 aliphatic carbocycles. The number of rotatable bonds is 10. The van der Waals surface area contributed by atoms with E-state index in [9.17, 15) is 0 Å². The molecule has 2 unspecified atom stereocenters. The predicted octanol–water partition coefficient (Wildman–Crippen LogP) is 3.77. The van der Waals surface area contributed by atoms with E-state index in [0.29, 0.717) is 12.2 Å². The largest absolute Gasteiger partial charge is 0.455 e. The average molecular weight is 303 g/mol. The quantitative estimate of drug-likeness (QED) is 0.455. The van der Waals surface area contributed by atoms with Gasteiger partial charge in [0.25, 0.3) is 0 Å². The van der Waals surface area contributed by atoms with Crippen LogP contribution in [0.25, 0.3) is 0 Å². The van der Waals surface area contributed by atoms with Crippen LogP contribution in [0.5, 0.6) is 0 Å².